The first-order valence-electron chi connectivity index (χ1n) is 6.95. The van der Waals surface area contributed by atoms with E-state index in [4.69, 9.17) is 21.7 Å². The maximum atomic E-state index is 5.31. The molecule has 0 aliphatic rings. The van der Waals surface area contributed by atoms with Gasteiger partial charge in [-0.05, 0) is 54.5 Å². The van der Waals surface area contributed by atoms with E-state index in [9.17, 15) is 0 Å². The molecule has 2 aromatic rings. The van der Waals surface area contributed by atoms with Gasteiger partial charge < -0.3 is 20.1 Å². The van der Waals surface area contributed by atoms with Crippen molar-refractivity contribution < 1.29 is 9.47 Å². The monoisotopic (exact) mass is 316 g/mol. The molecule has 0 saturated carbocycles. The lowest BCUT2D eigenvalue weighted by atomic mass is 10.2. The first kappa shape index (κ1) is 16.1. The van der Waals surface area contributed by atoms with Crippen molar-refractivity contribution in [2.45, 2.75) is 13.5 Å². The molecule has 0 spiro atoms. The fourth-order valence-electron chi connectivity index (χ4n) is 2.07. The van der Waals surface area contributed by atoms with Crippen LogP contribution in [0.5, 0.6) is 11.5 Å². The van der Waals surface area contributed by atoms with Crippen LogP contribution < -0.4 is 20.1 Å². The van der Waals surface area contributed by atoms with E-state index < -0.39 is 0 Å². The molecule has 0 aromatic heterocycles. The number of ether oxygens (including phenoxy) is 2. The predicted octanol–water partition coefficient (Wildman–Crippen LogP) is 3.50. The number of methoxy groups -OCH3 is 2. The number of hydrogen-bond donors (Lipinski definition) is 2. The van der Waals surface area contributed by atoms with E-state index in [1.165, 1.54) is 5.56 Å². The fourth-order valence-corrected chi connectivity index (χ4v) is 2.26. The van der Waals surface area contributed by atoms with Crippen LogP contribution in [-0.4, -0.2) is 19.3 Å². The molecule has 2 rings (SSSR count). The van der Waals surface area contributed by atoms with Crippen molar-refractivity contribution in [1.29, 1.82) is 0 Å². The number of anilines is 1. The highest BCUT2D eigenvalue weighted by atomic mass is 32.1. The molecule has 0 aliphatic carbocycles. The molecular formula is C17H20N2O2S. The van der Waals surface area contributed by atoms with Crippen molar-refractivity contribution in [2.24, 2.45) is 0 Å². The van der Waals surface area contributed by atoms with E-state index in [2.05, 4.69) is 10.6 Å². The SMILES string of the molecule is COc1ccc(CNC(=S)Nc2cccc(C)c2)cc1OC. The topological polar surface area (TPSA) is 42.5 Å². The van der Waals surface area contributed by atoms with Crippen LogP contribution >= 0.6 is 12.2 Å². The van der Waals surface area contributed by atoms with Crippen LogP contribution in [0.4, 0.5) is 5.69 Å². The van der Waals surface area contributed by atoms with Gasteiger partial charge in [-0.1, -0.05) is 18.2 Å². The highest BCUT2D eigenvalue weighted by molar-refractivity contribution is 7.80. The molecule has 0 amide bonds. The summed E-state index contributed by atoms with van der Waals surface area (Å²) >= 11 is 5.31. The molecule has 2 aromatic carbocycles. The van der Waals surface area contributed by atoms with Gasteiger partial charge in [-0.3, -0.25) is 0 Å². The second kappa shape index (κ2) is 7.66. The minimum atomic E-state index is 0.584. The Hall–Kier alpha value is -2.27. The second-order valence-corrected chi connectivity index (χ2v) is 5.27. The molecule has 4 nitrogen and oxygen atoms in total. The van der Waals surface area contributed by atoms with Crippen molar-refractivity contribution >= 4 is 23.0 Å². The third-order valence-electron chi connectivity index (χ3n) is 3.18. The highest BCUT2D eigenvalue weighted by Gasteiger charge is 2.05. The van der Waals surface area contributed by atoms with Gasteiger partial charge in [0.05, 0.1) is 14.2 Å². The van der Waals surface area contributed by atoms with Crippen LogP contribution in [0.1, 0.15) is 11.1 Å². The Morgan fingerprint density at radius 2 is 1.82 bits per heavy atom. The number of nitrogens with one attached hydrogen (secondary N) is 2. The lowest BCUT2D eigenvalue weighted by Crippen LogP contribution is -2.27. The Morgan fingerprint density at radius 1 is 1.05 bits per heavy atom. The van der Waals surface area contributed by atoms with Crippen molar-refractivity contribution in [3.8, 4) is 11.5 Å². The van der Waals surface area contributed by atoms with Gasteiger partial charge >= 0.3 is 0 Å². The molecular weight excluding hydrogens is 296 g/mol. The molecule has 5 heteroatoms. The molecule has 2 N–H and O–H groups in total. The normalized spacial score (nSPS) is 9.95. The van der Waals surface area contributed by atoms with Gasteiger partial charge in [0, 0.05) is 12.2 Å². The minimum Gasteiger partial charge on any atom is -0.493 e. The zero-order chi connectivity index (χ0) is 15.9. The maximum Gasteiger partial charge on any atom is 0.171 e. The molecule has 22 heavy (non-hydrogen) atoms. The number of hydrogen-bond acceptors (Lipinski definition) is 3. The standard InChI is InChI=1S/C17H20N2O2S/c1-12-5-4-6-14(9-12)19-17(22)18-11-13-7-8-15(20-2)16(10-13)21-3/h4-10H,11H2,1-3H3,(H2,18,19,22). The average molecular weight is 316 g/mol. The number of thiocarbonyl (C=S) groups is 1. The van der Waals surface area contributed by atoms with Crippen molar-refractivity contribution in [1.82, 2.24) is 5.32 Å². The van der Waals surface area contributed by atoms with Gasteiger partial charge in [-0.15, -0.1) is 0 Å². The first-order valence-corrected chi connectivity index (χ1v) is 7.35. The number of rotatable bonds is 5. The third kappa shape index (κ3) is 4.36. The number of benzene rings is 2. The Bertz CT molecular complexity index is 659. The number of aryl methyl sites for hydroxylation is 1. The summed E-state index contributed by atoms with van der Waals surface area (Å²) in [5.74, 6) is 1.42. The lowest BCUT2D eigenvalue weighted by molar-refractivity contribution is 0.354. The Kier molecular flexibility index (Phi) is 5.61. The summed E-state index contributed by atoms with van der Waals surface area (Å²) in [7, 11) is 3.25. The molecule has 116 valence electrons. The fraction of sp³-hybridized carbons (Fsp3) is 0.235. The summed E-state index contributed by atoms with van der Waals surface area (Å²) in [6.45, 7) is 2.66. The summed E-state index contributed by atoms with van der Waals surface area (Å²) < 4.78 is 10.5. The van der Waals surface area contributed by atoms with Crippen LogP contribution in [0.2, 0.25) is 0 Å². The molecule has 0 heterocycles. The highest BCUT2D eigenvalue weighted by Crippen LogP contribution is 2.27. The molecule has 0 saturated heterocycles. The van der Waals surface area contributed by atoms with E-state index in [-0.39, 0.29) is 0 Å². The van der Waals surface area contributed by atoms with Crippen LogP contribution in [0.15, 0.2) is 42.5 Å². The zero-order valence-electron chi connectivity index (χ0n) is 13.0. The van der Waals surface area contributed by atoms with Crippen LogP contribution in [0.25, 0.3) is 0 Å². The summed E-state index contributed by atoms with van der Waals surface area (Å²) in [6.07, 6.45) is 0. The second-order valence-electron chi connectivity index (χ2n) is 4.87. The van der Waals surface area contributed by atoms with Crippen LogP contribution in [0.3, 0.4) is 0 Å². The van der Waals surface area contributed by atoms with E-state index in [1.807, 2.05) is 49.4 Å². The van der Waals surface area contributed by atoms with Gasteiger partial charge in [0.15, 0.2) is 16.6 Å². The Balaban J connectivity index is 1.93. The van der Waals surface area contributed by atoms with Gasteiger partial charge in [-0.2, -0.15) is 0 Å². The maximum absolute atomic E-state index is 5.31. The summed E-state index contributed by atoms with van der Waals surface area (Å²) in [5, 5.41) is 6.93. The summed E-state index contributed by atoms with van der Waals surface area (Å²) in [4.78, 5) is 0. The quantitative estimate of drug-likeness (QED) is 0.827. The van der Waals surface area contributed by atoms with E-state index >= 15 is 0 Å². The summed E-state index contributed by atoms with van der Waals surface area (Å²) in [6, 6.07) is 13.9. The average Bonchev–Trinajstić information content (AvgIpc) is 2.52. The third-order valence-corrected chi connectivity index (χ3v) is 3.42. The first-order chi connectivity index (χ1) is 10.6. The molecule has 0 fully saturated rings. The largest absolute Gasteiger partial charge is 0.493 e. The van der Waals surface area contributed by atoms with Gasteiger partial charge in [0.2, 0.25) is 0 Å². The van der Waals surface area contributed by atoms with Gasteiger partial charge in [0.25, 0.3) is 0 Å². The van der Waals surface area contributed by atoms with E-state index in [0.717, 1.165) is 11.3 Å². The van der Waals surface area contributed by atoms with Crippen LogP contribution in [-0.2, 0) is 6.54 Å². The smallest absolute Gasteiger partial charge is 0.171 e. The van der Waals surface area contributed by atoms with E-state index in [0.29, 0.717) is 23.2 Å². The molecule has 0 atom stereocenters. The van der Waals surface area contributed by atoms with Crippen molar-refractivity contribution in [3.63, 3.8) is 0 Å². The van der Waals surface area contributed by atoms with Crippen LogP contribution in [0, 0.1) is 6.92 Å². The molecule has 0 radical (unpaired) electrons. The Morgan fingerprint density at radius 3 is 2.50 bits per heavy atom. The minimum absolute atomic E-state index is 0.584. The predicted molar refractivity (Wildman–Crippen MR) is 93.8 cm³/mol. The molecule has 0 aliphatic heterocycles. The molecule has 0 unspecified atom stereocenters. The van der Waals surface area contributed by atoms with E-state index in [1.54, 1.807) is 14.2 Å². The Labute approximate surface area is 136 Å². The van der Waals surface area contributed by atoms with Gasteiger partial charge in [0.1, 0.15) is 0 Å². The summed E-state index contributed by atoms with van der Waals surface area (Å²) in [5.41, 5.74) is 3.23. The molecule has 0 bridgehead atoms. The van der Waals surface area contributed by atoms with Crippen molar-refractivity contribution in [2.75, 3.05) is 19.5 Å². The lowest BCUT2D eigenvalue weighted by Gasteiger charge is -2.13. The van der Waals surface area contributed by atoms with Gasteiger partial charge in [-0.25, -0.2) is 0 Å². The van der Waals surface area contributed by atoms with Crippen molar-refractivity contribution in [3.05, 3.63) is 53.6 Å². The zero-order valence-corrected chi connectivity index (χ0v) is 13.8.